The second kappa shape index (κ2) is 12.7. The van der Waals surface area contributed by atoms with Gasteiger partial charge in [-0.1, -0.05) is 24.3 Å². The van der Waals surface area contributed by atoms with Crippen molar-refractivity contribution in [3.8, 4) is 28.4 Å². The molecule has 0 bridgehead atoms. The second-order valence-corrected chi connectivity index (χ2v) is 15.4. The lowest BCUT2D eigenvalue weighted by Gasteiger charge is -2.61. The zero-order valence-corrected chi connectivity index (χ0v) is 28.7. The summed E-state index contributed by atoms with van der Waals surface area (Å²) in [6, 6.07) is 16.0. The van der Waals surface area contributed by atoms with Gasteiger partial charge in [-0.05, 0) is 97.6 Å². The smallest absolute Gasteiger partial charge is 0.228 e. The monoisotopic (exact) mass is 688 g/mol. The van der Waals surface area contributed by atoms with Gasteiger partial charge in [0, 0.05) is 49.8 Å². The Hall–Kier alpha value is -4.97. The van der Waals surface area contributed by atoms with E-state index in [-0.39, 0.29) is 23.6 Å². The largest absolute Gasteiger partial charge is 0.507 e. The molecule has 9 rings (SSSR count). The fourth-order valence-corrected chi connectivity index (χ4v) is 9.52. The Morgan fingerprint density at radius 3 is 2.55 bits per heavy atom. The highest BCUT2D eigenvalue weighted by Gasteiger charge is 2.54. The SMILES string of the molecule is Nc1nnc(-c2ccccc2O)cc1-n1cc(C2CC3(C2)CN(C2CCC(c4cccc5c4OCCN5[C@@H]4CCC(=O)NC(=O)C4)CC2)C3)cn1. The van der Waals surface area contributed by atoms with E-state index in [9.17, 15) is 14.7 Å². The van der Waals surface area contributed by atoms with Crippen LogP contribution in [0.15, 0.2) is 60.9 Å². The third kappa shape index (κ3) is 5.88. The summed E-state index contributed by atoms with van der Waals surface area (Å²) in [5, 5.41) is 25.8. The zero-order valence-electron chi connectivity index (χ0n) is 28.7. The van der Waals surface area contributed by atoms with Crippen LogP contribution in [0.4, 0.5) is 11.5 Å². The summed E-state index contributed by atoms with van der Waals surface area (Å²) in [7, 11) is 0. The summed E-state index contributed by atoms with van der Waals surface area (Å²) in [4.78, 5) is 29.3. The van der Waals surface area contributed by atoms with Crippen LogP contribution in [0.1, 0.15) is 80.8 Å². The molecule has 3 aliphatic heterocycles. The summed E-state index contributed by atoms with van der Waals surface area (Å²) in [5.41, 5.74) is 12.0. The first kappa shape index (κ1) is 32.0. The number of likely N-dealkylation sites (tertiary alicyclic amines) is 1. The number of fused-ring (bicyclic) bond motifs is 1. The van der Waals surface area contributed by atoms with Gasteiger partial charge in [0.2, 0.25) is 11.8 Å². The molecule has 0 unspecified atom stereocenters. The van der Waals surface area contributed by atoms with Crippen molar-refractivity contribution < 1.29 is 19.4 Å². The summed E-state index contributed by atoms with van der Waals surface area (Å²) in [6.45, 7) is 3.68. The fourth-order valence-electron chi connectivity index (χ4n) is 9.52. The van der Waals surface area contributed by atoms with Crippen molar-refractivity contribution in [2.45, 2.75) is 81.7 Å². The Balaban J connectivity index is 0.797. The maximum atomic E-state index is 12.3. The molecule has 4 fully saturated rings. The van der Waals surface area contributed by atoms with E-state index in [0.717, 1.165) is 30.8 Å². The van der Waals surface area contributed by atoms with E-state index in [0.29, 0.717) is 71.9 Å². The molecule has 5 heterocycles. The quantitative estimate of drug-likeness (QED) is 0.238. The Morgan fingerprint density at radius 1 is 0.902 bits per heavy atom. The molecule has 51 heavy (non-hydrogen) atoms. The predicted octanol–water partition coefficient (Wildman–Crippen LogP) is 4.92. The third-order valence-corrected chi connectivity index (χ3v) is 12.1. The van der Waals surface area contributed by atoms with Gasteiger partial charge in [-0.2, -0.15) is 5.10 Å². The molecule has 2 aromatic heterocycles. The number of para-hydroxylation sites is 2. The Kier molecular flexibility index (Phi) is 7.94. The number of ether oxygens (including phenoxy) is 1. The van der Waals surface area contributed by atoms with Crippen LogP contribution in [0.5, 0.6) is 11.5 Å². The highest BCUT2D eigenvalue weighted by molar-refractivity contribution is 5.96. The van der Waals surface area contributed by atoms with Crippen LogP contribution in [0, 0.1) is 5.41 Å². The number of benzene rings is 2. The van der Waals surface area contributed by atoms with Crippen LogP contribution >= 0.6 is 0 Å². The van der Waals surface area contributed by atoms with E-state index in [1.54, 1.807) is 16.8 Å². The van der Waals surface area contributed by atoms with Gasteiger partial charge in [-0.3, -0.25) is 19.8 Å². The van der Waals surface area contributed by atoms with Gasteiger partial charge in [0.15, 0.2) is 5.82 Å². The molecule has 2 aliphatic carbocycles. The standard InChI is InChI=1S/C39H44N8O4/c40-38-33(17-31(43-44-38)30-4-1-2-7-34(30)48)47-21-26(20-41-47)25-18-39(19-25)22-45(23-39)27-10-8-24(9-11-27)29-5-3-6-32-37(29)51-15-14-46(32)28-12-13-35(49)42-36(50)16-28/h1-7,17,20-21,24-25,27-28,48H,8-16,18-19,22-23H2,(H2,40,44)(H,42,49,50)/t24?,27?,28-/m1/s1. The number of hydrogen-bond donors (Lipinski definition) is 3. The molecule has 264 valence electrons. The lowest BCUT2D eigenvalue weighted by Crippen LogP contribution is -2.64. The van der Waals surface area contributed by atoms with Gasteiger partial charge in [0.05, 0.1) is 24.1 Å². The number of amides is 2. The summed E-state index contributed by atoms with van der Waals surface area (Å²) in [6.07, 6.45) is 12.4. The van der Waals surface area contributed by atoms with Crippen LogP contribution in [0.2, 0.25) is 0 Å². The molecule has 2 saturated heterocycles. The third-order valence-electron chi connectivity index (χ3n) is 12.1. The minimum atomic E-state index is -0.184. The molecule has 4 aromatic rings. The summed E-state index contributed by atoms with van der Waals surface area (Å²) < 4.78 is 8.11. The maximum Gasteiger partial charge on any atom is 0.228 e. The van der Waals surface area contributed by atoms with E-state index in [1.165, 1.54) is 49.9 Å². The first-order valence-corrected chi connectivity index (χ1v) is 18.4. The van der Waals surface area contributed by atoms with E-state index in [4.69, 9.17) is 10.5 Å². The number of nitrogens with two attached hydrogens (primary N) is 1. The van der Waals surface area contributed by atoms with Gasteiger partial charge in [0.25, 0.3) is 0 Å². The molecule has 12 nitrogen and oxygen atoms in total. The van der Waals surface area contributed by atoms with Crippen LogP contribution in [0.3, 0.4) is 0 Å². The molecule has 2 saturated carbocycles. The van der Waals surface area contributed by atoms with Crippen molar-refractivity contribution in [3.05, 3.63) is 72.1 Å². The number of aromatic nitrogens is 4. The number of phenolic OH excluding ortho intramolecular Hbond substituents is 1. The van der Waals surface area contributed by atoms with E-state index < -0.39 is 0 Å². The average Bonchev–Trinajstić information content (AvgIpc) is 3.51. The minimum absolute atomic E-state index is 0.00738. The van der Waals surface area contributed by atoms with E-state index >= 15 is 0 Å². The number of nitrogens with zero attached hydrogens (tertiary/aromatic N) is 6. The van der Waals surface area contributed by atoms with Crippen molar-refractivity contribution in [2.24, 2.45) is 5.41 Å². The number of phenols is 1. The molecule has 12 heteroatoms. The van der Waals surface area contributed by atoms with E-state index in [2.05, 4.69) is 54.8 Å². The number of carbonyl (C=O) groups is 2. The van der Waals surface area contributed by atoms with Crippen LogP contribution in [-0.4, -0.2) is 80.1 Å². The Labute approximate surface area is 297 Å². The number of hydrogen-bond acceptors (Lipinski definition) is 10. The van der Waals surface area contributed by atoms with Crippen molar-refractivity contribution in [1.29, 1.82) is 0 Å². The van der Waals surface area contributed by atoms with Gasteiger partial charge in [0.1, 0.15) is 23.8 Å². The molecule has 0 radical (unpaired) electrons. The van der Waals surface area contributed by atoms with Crippen LogP contribution in [0.25, 0.3) is 16.9 Å². The predicted molar refractivity (Wildman–Crippen MR) is 192 cm³/mol. The Bertz CT molecular complexity index is 1970. The maximum absolute atomic E-state index is 12.3. The molecular formula is C39H44N8O4. The number of imide groups is 1. The van der Waals surface area contributed by atoms with Gasteiger partial charge in [-0.25, -0.2) is 4.68 Å². The first-order valence-electron chi connectivity index (χ1n) is 18.4. The highest BCUT2D eigenvalue weighted by Crippen LogP contribution is 2.57. The number of nitrogens with one attached hydrogen (secondary N) is 1. The van der Waals surface area contributed by atoms with E-state index in [1.807, 2.05) is 24.4 Å². The molecule has 4 N–H and O–H groups in total. The number of aromatic hydroxyl groups is 1. The van der Waals surface area contributed by atoms with Gasteiger partial charge in [-0.15, -0.1) is 10.2 Å². The molecule has 2 aromatic carbocycles. The van der Waals surface area contributed by atoms with Crippen molar-refractivity contribution in [2.75, 3.05) is 36.9 Å². The Morgan fingerprint density at radius 2 is 1.73 bits per heavy atom. The number of nitrogen functional groups attached to an aromatic ring is 1. The van der Waals surface area contributed by atoms with Gasteiger partial charge < -0.3 is 20.5 Å². The first-order chi connectivity index (χ1) is 24.8. The lowest BCUT2D eigenvalue weighted by molar-refractivity contribution is -0.129. The highest BCUT2D eigenvalue weighted by atomic mass is 16.5. The van der Waals surface area contributed by atoms with Crippen molar-refractivity contribution in [1.82, 2.24) is 30.2 Å². The minimum Gasteiger partial charge on any atom is -0.507 e. The van der Waals surface area contributed by atoms with Crippen molar-refractivity contribution >= 4 is 23.3 Å². The molecule has 1 atom stereocenters. The lowest BCUT2D eigenvalue weighted by atomic mass is 9.56. The normalized spacial score (nSPS) is 24.9. The zero-order chi connectivity index (χ0) is 34.7. The molecule has 1 spiro atoms. The fraction of sp³-hybridized carbons (Fsp3) is 0.462. The van der Waals surface area contributed by atoms with Crippen LogP contribution < -0.4 is 20.7 Å². The van der Waals surface area contributed by atoms with Gasteiger partial charge >= 0.3 is 0 Å². The number of anilines is 2. The van der Waals surface area contributed by atoms with Crippen LogP contribution in [-0.2, 0) is 9.59 Å². The number of rotatable bonds is 6. The molecular weight excluding hydrogens is 644 g/mol. The second-order valence-electron chi connectivity index (χ2n) is 15.4. The molecule has 5 aliphatic rings. The van der Waals surface area contributed by atoms with Crippen molar-refractivity contribution in [3.63, 3.8) is 0 Å². The average molecular weight is 689 g/mol. The molecule has 2 amide bonds. The summed E-state index contributed by atoms with van der Waals surface area (Å²) in [5.74, 6) is 2.02. The summed E-state index contributed by atoms with van der Waals surface area (Å²) >= 11 is 0. The number of carbonyl (C=O) groups excluding carboxylic acids is 2. The topological polar surface area (TPSA) is 152 Å².